The maximum absolute atomic E-state index is 11.5. The molecular weight excluding hydrogens is 284 g/mol. The minimum absolute atomic E-state index is 0.317. The van der Waals surface area contributed by atoms with Crippen molar-refractivity contribution in [2.45, 2.75) is 26.4 Å². The lowest BCUT2D eigenvalue weighted by atomic mass is 10.1. The number of rotatable bonds is 3. The molecule has 116 valence electrons. The Balaban J connectivity index is 1.90. The molecule has 1 aromatic carbocycles. The Morgan fingerprint density at radius 3 is 2.73 bits per heavy atom. The van der Waals surface area contributed by atoms with Crippen LogP contribution in [0.2, 0.25) is 0 Å². The van der Waals surface area contributed by atoms with Crippen LogP contribution in [0.1, 0.15) is 36.7 Å². The van der Waals surface area contributed by atoms with Crippen LogP contribution in [0.3, 0.4) is 0 Å². The number of anilines is 1. The smallest absolute Gasteiger partial charge is 0.407 e. The molecule has 2 N–H and O–H groups in total. The molecule has 0 atom stereocenters. The molecule has 0 fully saturated rings. The summed E-state index contributed by atoms with van der Waals surface area (Å²) in [4.78, 5) is 34.2. The van der Waals surface area contributed by atoms with Crippen LogP contribution in [0.25, 0.3) is 6.08 Å². The number of benzene rings is 1. The van der Waals surface area contributed by atoms with Gasteiger partial charge < -0.3 is 15.4 Å². The van der Waals surface area contributed by atoms with Gasteiger partial charge in [-0.25, -0.2) is 4.79 Å². The number of amides is 2. The Morgan fingerprint density at radius 2 is 2.05 bits per heavy atom. The molecule has 0 radical (unpaired) electrons. The number of ether oxygens (including phenoxy) is 1. The Morgan fingerprint density at radius 1 is 1.32 bits per heavy atom. The molecule has 6 nitrogen and oxygen atoms in total. The van der Waals surface area contributed by atoms with Gasteiger partial charge in [-0.3, -0.25) is 9.59 Å². The molecule has 1 aromatic rings. The van der Waals surface area contributed by atoms with Gasteiger partial charge in [-0.2, -0.15) is 0 Å². The minimum atomic E-state index is -0.609. The van der Waals surface area contributed by atoms with Crippen molar-refractivity contribution in [3.8, 4) is 0 Å². The molecule has 0 spiro atoms. The summed E-state index contributed by atoms with van der Waals surface area (Å²) in [6.07, 6.45) is 3.06. The van der Waals surface area contributed by atoms with E-state index in [4.69, 9.17) is 4.74 Å². The van der Waals surface area contributed by atoms with Crippen molar-refractivity contribution in [1.29, 1.82) is 0 Å². The highest BCUT2D eigenvalue weighted by Crippen LogP contribution is 2.24. The number of Topliss-reactive ketones (excluding diaryl/α,β-unsaturated/α-hetero) is 1. The number of fused-ring (bicyclic) bond motifs is 1. The second-order valence-corrected chi connectivity index (χ2v) is 5.87. The number of hydrogen-bond acceptors (Lipinski definition) is 4. The van der Waals surface area contributed by atoms with Crippen molar-refractivity contribution in [1.82, 2.24) is 5.32 Å². The molecule has 1 aliphatic rings. The van der Waals surface area contributed by atoms with E-state index in [-0.39, 0.29) is 0 Å². The average molecular weight is 302 g/mol. The monoisotopic (exact) mass is 302 g/mol. The molecule has 0 saturated carbocycles. The van der Waals surface area contributed by atoms with Gasteiger partial charge in [-0.1, -0.05) is 18.2 Å². The van der Waals surface area contributed by atoms with Crippen molar-refractivity contribution < 1.29 is 19.1 Å². The largest absolute Gasteiger partial charge is 0.444 e. The molecule has 0 saturated heterocycles. The predicted molar refractivity (Wildman–Crippen MR) is 82.7 cm³/mol. The van der Waals surface area contributed by atoms with E-state index >= 15 is 0 Å². The Hall–Kier alpha value is -2.63. The highest BCUT2D eigenvalue weighted by Gasteiger charge is 2.27. The zero-order chi connectivity index (χ0) is 16.3. The van der Waals surface area contributed by atoms with E-state index in [0.29, 0.717) is 17.8 Å². The van der Waals surface area contributed by atoms with Gasteiger partial charge in [0.25, 0.3) is 11.7 Å². The average Bonchev–Trinajstić information content (AvgIpc) is 2.68. The van der Waals surface area contributed by atoms with Crippen molar-refractivity contribution >= 4 is 29.5 Å². The summed E-state index contributed by atoms with van der Waals surface area (Å²) in [5.41, 5.74) is 1.18. The number of nitrogens with one attached hydrogen (secondary N) is 2. The van der Waals surface area contributed by atoms with E-state index in [2.05, 4.69) is 10.6 Å². The molecule has 1 heterocycles. The summed E-state index contributed by atoms with van der Waals surface area (Å²) in [5.74, 6) is -1.13. The summed E-state index contributed by atoms with van der Waals surface area (Å²) >= 11 is 0. The Kier molecular flexibility index (Phi) is 4.30. The van der Waals surface area contributed by atoms with Gasteiger partial charge in [0.1, 0.15) is 5.60 Å². The Bertz CT molecular complexity index is 657. The normalized spacial score (nSPS) is 14.0. The van der Waals surface area contributed by atoms with Gasteiger partial charge in [-0.05, 0) is 38.5 Å². The fourth-order valence-electron chi connectivity index (χ4n) is 1.92. The van der Waals surface area contributed by atoms with Crippen LogP contribution in [-0.4, -0.2) is 29.9 Å². The molecule has 1 aliphatic heterocycles. The van der Waals surface area contributed by atoms with Gasteiger partial charge >= 0.3 is 6.09 Å². The van der Waals surface area contributed by atoms with Crippen LogP contribution in [0, 0.1) is 0 Å². The first kappa shape index (κ1) is 15.8. The summed E-state index contributed by atoms with van der Waals surface area (Å²) < 4.78 is 5.11. The Labute approximate surface area is 128 Å². The van der Waals surface area contributed by atoms with Crippen LogP contribution in [0.5, 0.6) is 0 Å². The van der Waals surface area contributed by atoms with E-state index in [9.17, 15) is 14.4 Å². The summed E-state index contributed by atoms with van der Waals surface area (Å²) in [7, 11) is 0. The molecule has 0 aromatic heterocycles. The van der Waals surface area contributed by atoms with Gasteiger partial charge in [0.15, 0.2) is 0 Å². The third kappa shape index (κ3) is 3.94. The molecule has 0 unspecified atom stereocenters. The highest BCUT2D eigenvalue weighted by atomic mass is 16.6. The standard InChI is InChI=1S/C16H18N2O4/c1-16(2,3)22-15(21)17-8-4-5-10-6-7-11-12(9-10)18-14(20)13(11)19/h4-7,9H,8H2,1-3H3,(H,17,21)(H,18,19,20). The zero-order valence-corrected chi connectivity index (χ0v) is 12.7. The lowest BCUT2D eigenvalue weighted by Gasteiger charge is -2.19. The van der Waals surface area contributed by atoms with E-state index in [1.54, 1.807) is 51.1 Å². The molecule has 6 heteroatoms. The van der Waals surface area contributed by atoms with Crippen molar-refractivity contribution in [3.05, 3.63) is 35.4 Å². The second-order valence-electron chi connectivity index (χ2n) is 5.87. The summed E-state index contributed by atoms with van der Waals surface area (Å²) in [5, 5.41) is 5.11. The number of alkyl carbamates (subject to hydrolysis) is 1. The number of carbonyl (C=O) groups is 3. The van der Waals surface area contributed by atoms with E-state index in [1.165, 1.54) is 0 Å². The van der Waals surface area contributed by atoms with Crippen LogP contribution >= 0.6 is 0 Å². The minimum Gasteiger partial charge on any atom is -0.444 e. The molecular formula is C16H18N2O4. The van der Waals surface area contributed by atoms with Crippen molar-refractivity contribution in [3.63, 3.8) is 0 Å². The number of carbonyl (C=O) groups excluding carboxylic acids is 3. The van der Waals surface area contributed by atoms with Crippen molar-refractivity contribution in [2.75, 3.05) is 11.9 Å². The maximum atomic E-state index is 11.5. The zero-order valence-electron chi connectivity index (χ0n) is 12.7. The fourth-order valence-corrected chi connectivity index (χ4v) is 1.92. The van der Waals surface area contributed by atoms with Gasteiger partial charge in [0.05, 0.1) is 11.3 Å². The first-order valence-corrected chi connectivity index (χ1v) is 6.89. The van der Waals surface area contributed by atoms with E-state index < -0.39 is 23.4 Å². The molecule has 2 rings (SSSR count). The van der Waals surface area contributed by atoms with Crippen LogP contribution < -0.4 is 10.6 Å². The van der Waals surface area contributed by atoms with Crippen molar-refractivity contribution in [2.24, 2.45) is 0 Å². The third-order valence-corrected chi connectivity index (χ3v) is 2.82. The molecule has 0 aliphatic carbocycles. The molecule has 2 amide bonds. The van der Waals surface area contributed by atoms with Crippen LogP contribution in [0.4, 0.5) is 10.5 Å². The van der Waals surface area contributed by atoms with E-state index in [0.717, 1.165) is 5.56 Å². The van der Waals surface area contributed by atoms with Crippen LogP contribution in [0.15, 0.2) is 24.3 Å². The highest BCUT2D eigenvalue weighted by molar-refractivity contribution is 6.51. The number of ketones is 1. The molecule has 0 bridgehead atoms. The summed E-state index contributed by atoms with van der Waals surface area (Å²) in [6, 6.07) is 5.06. The first-order valence-electron chi connectivity index (χ1n) is 6.89. The third-order valence-electron chi connectivity index (χ3n) is 2.82. The SMILES string of the molecule is CC(C)(C)OC(=O)NCC=Cc1ccc2c(c1)NC(=O)C2=O. The predicted octanol–water partition coefficient (Wildman–Crippen LogP) is 2.36. The maximum Gasteiger partial charge on any atom is 0.407 e. The topological polar surface area (TPSA) is 84.5 Å². The first-order chi connectivity index (χ1) is 10.3. The summed E-state index contributed by atoms with van der Waals surface area (Å²) in [6.45, 7) is 5.70. The van der Waals surface area contributed by atoms with Gasteiger partial charge in [0, 0.05) is 6.54 Å². The second kappa shape index (κ2) is 6.01. The van der Waals surface area contributed by atoms with Crippen LogP contribution in [-0.2, 0) is 9.53 Å². The van der Waals surface area contributed by atoms with Gasteiger partial charge in [-0.15, -0.1) is 0 Å². The lowest BCUT2D eigenvalue weighted by molar-refractivity contribution is -0.112. The fraction of sp³-hybridized carbons (Fsp3) is 0.312. The number of hydrogen-bond donors (Lipinski definition) is 2. The lowest BCUT2D eigenvalue weighted by Crippen LogP contribution is -2.32. The van der Waals surface area contributed by atoms with E-state index in [1.807, 2.05) is 0 Å². The quantitative estimate of drug-likeness (QED) is 0.839. The van der Waals surface area contributed by atoms with Gasteiger partial charge in [0.2, 0.25) is 0 Å². The molecule has 22 heavy (non-hydrogen) atoms.